The van der Waals surface area contributed by atoms with Gasteiger partial charge in [0.05, 0.1) is 3.79 Å². The summed E-state index contributed by atoms with van der Waals surface area (Å²) in [6.07, 6.45) is 5.34. The molecule has 1 N–H and O–H groups in total. The maximum absolute atomic E-state index is 11.5. The molecule has 1 fully saturated rings. The van der Waals surface area contributed by atoms with Crippen LogP contribution in [-0.4, -0.2) is 30.4 Å². The van der Waals surface area contributed by atoms with E-state index >= 15 is 0 Å². The van der Waals surface area contributed by atoms with Crippen molar-refractivity contribution in [3.63, 3.8) is 0 Å². The first kappa shape index (κ1) is 13.6. The lowest BCUT2D eigenvalue weighted by Gasteiger charge is -2.34. The number of hydrogen-bond donors (Lipinski definition) is 1. The van der Waals surface area contributed by atoms with E-state index < -0.39 is 0 Å². The summed E-state index contributed by atoms with van der Waals surface area (Å²) in [5, 5.41) is 3.77. The van der Waals surface area contributed by atoms with Gasteiger partial charge in [-0.05, 0) is 53.2 Å². The highest BCUT2D eigenvalue weighted by molar-refractivity contribution is 9.11. The lowest BCUT2D eigenvalue weighted by molar-refractivity contribution is -0.132. The maximum atomic E-state index is 11.5. The van der Waals surface area contributed by atoms with Crippen molar-refractivity contribution in [1.82, 2.24) is 10.2 Å². The fourth-order valence-electron chi connectivity index (χ4n) is 3.13. The van der Waals surface area contributed by atoms with Gasteiger partial charge >= 0.3 is 0 Å². The minimum absolute atomic E-state index is 0.278. The Hall–Kier alpha value is -0.390. The molecule has 19 heavy (non-hydrogen) atoms. The highest BCUT2D eigenvalue weighted by Crippen LogP contribution is 2.38. The molecule has 2 aliphatic rings. The molecule has 1 amide bonds. The third kappa shape index (κ3) is 2.88. The summed E-state index contributed by atoms with van der Waals surface area (Å²) in [7, 11) is 1.91. The Labute approximate surface area is 126 Å². The first-order chi connectivity index (χ1) is 9.13. The van der Waals surface area contributed by atoms with Crippen molar-refractivity contribution < 1.29 is 4.79 Å². The lowest BCUT2D eigenvalue weighted by Crippen LogP contribution is -2.47. The third-order valence-corrected chi connectivity index (χ3v) is 5.86. The predicted molar refractivity (Wildman–Crippen MR) is 81.5 cm³/mol. The highest BCUT2D eigenvalue weighted by atomic mass is 79.9. The topological polar surface area (TPSA) is 32.3 Å². The van der Waals surface area contributed by atoms with Crippen molar-refractivity contribution in [3.8, 4) is 0 Å². The number of hydrogen-bond acceptors (Lipinski definition) is 3. The molecular weight excluding hydrogens is 324 g/mol. The van der Waals surface area contributed by atoms with Crippen LogP contribution in [0.5, 0.6) is 0 Å². The van der Waals surface area contributed by atoms with E-state index in [0.29, 0.717) is 18.5 Å². The van der Waals surface area contributed by atoms with Crippen LogP contribution in [0, 0.1) is 0 Å². The minimum atomic E-state index is 0.278. The monoisotopic (exact) mass is 342 g/mol. The number of fused-ring (bicyclic) bond motifs is 1. The first-order valence-corrected chi connectivity index (χ1v) is 8.52. The number of carbonyl (C=O) groups excluding carboxylic acids is 1. The van der Waals surface area contributed by atoms with Crippen LogP contribution in [0.25, 0.3) is 0 Å². The molecule has 5 heteroatoms. The number of likely N-dealkylation sites (N-methyl/N-ethyl adjacent to an activating group) is 1. The van der Waals surface area contributed by atoms with Crippen LogP contribution in [0.4, 0.5) is 0 Å². The van der Waals surface area contributed by atoms with Crippen molar-refractivity contribution in [2.45, 2.75) is 44.2 Å². The number of piperidine rings is 1. The van der Waals surface area contributed by atoms with Crippen molar-refractivity contribution >= 4 is 33.2 Å². The molecule has 3 nitrogen and oxygen atoms in total. The largest absolute Gasteiger partial charge is 0.344 e. The van der Waals surface area contributed by atoms with Crippen LogP contribution < -0.4 is 5.32 Å². The Kier molecular flexibility index (Phi) is 3.96. The molecule has 104 valence electrons. The van der Waals surface area contributed by atoms with E-state index in [1.165, 1.54) is 33.5 Å². The van der Waals surface area contributed by atoms with Crippen LogP contribution in [-0.2, 0) is 11.2 Å². The van der Waals surface area contributed by atoms with Gasteiger partial charge in [0.2, 0.25) is 5.91 Å². The molecule has 1 aromatic rings. The molecule has 2 atom stereocenters. The van der Waals surface area contributed by atoms with Gasteiger partial charge in [0, 0.05) is 37.0 Å². The van der Waals surface area contributed by atoms with Gasteiger partial charge in [-0.3, -0.25) is 4.79 Å². The van der Waals surface area contributed by atoms with E-state index in [4.69, 9.17) is 0 Å². The Bertz CT molecular complexity index is 488. The van der Waals surface area contributed by atoms with Gasteiger partial charge in [-0.2, -0.15) is 0 Å². The molecule has 1 aliphatic carbocycles. The van der Waals surface area contributed by atoms with E-state index in [1.807, 2.05) is 23.3 Å². The summed E-state index contributed by atoms with van der Waals surface area (Å²) in [5.74, 6) is 0.278. The van der Waals surface area contributed by atoms with Gasteiger partial charge in [-0.15, -0.1) is 11.3 Å². The third-order valence-electron chi connectivity index (χ3n) is 4.15. The standard InChI is InChI=1S/C14H19BrN2OS/c1-17-8-9(5-6-14(17)18)16-11-3-2-4-12-10(11)7-13(15)19-12/h7,9,11,16H,2-6,8H2,1H3. The molecular formula is C14H19BrN2OS. The Morgan fingerprint density at radius 2 is 2.26 bits per heavy atom. The number of nitrogens with one attached hydrogen (secondary N) is 1. The van der Waals surface area contributed by atoms with Crippen LogP contribution in [0.1, 0.15) is 42.2 Å². The summed E-state index contributed by atoms with van der Waals surface area (Å²) in [6.45, 7) is 0.843. The summed E-state index contributed by atoms with van der Waals surface area (Å²) in [4.78, 5) is 14.9. The normalized spacial score (nSPS) is 27.5. The molecule has 2 unspecified atom stereocenters. The number of halogens is 1. The van der Waals surface area contributed by atoms with Crippen molar-refractivity contribution in [1.29, 1.82) is 0 Å². The second-order valence-electron chi connectivity index (χ2n) is 5.55. The number of likely N-dealkylation sites (tertiary alicyclic amines) is 1. The fourth-order valence-corrected chi connectivity index (χ4v) is 4.95. The lowest BCUT2D eigenvalue weighted by atomic mass is 9.92. The average molecular weight is 343 g/mol. The molecule has 0 bridgehead atoms. The molecule has 2 heterocycles. The molecule has 0 aromatic carbocycles. The summed E-state index contributed by atoms with van der Waals surface area (Å²) in [5.41, 5.74) is 1.47. The number of carbonyl (C=O) groups is 1. The van der Waals surface area contributed by atoms with Gasteiger partial charge in [0.15, 0.2) is 0 Å². The van der Waals surface area contributed by atoms with E-state index in [-0.39, 0.29) is 5.91 Å². The molecule has 1 aromatic heterocycles. The maximum Gasteiger partial charge on any atom is 0.222 e. The SMILES string of the molecule is CN1CC(NC2CCCc3sc(Br)cc32)CCC1=O. The zero-order valence-electron chi connectivity index (χ0n) is 11.1. The van der Waals surface area contributed by atoms with Crippen molar-refractivity contribution in [2.24, 2.45) is 0 Å². The smallest absolute Gasteiger partial charge is 0.222 e. The van der Waals surface area contributed by atoms with E-state index in [1.54, 1.807) is 0 Å². The Morgan fingerprint density at radius 3 is 3.05 bits per heavy atom. The molecule has 1 saturated heterocycles. The van der Waals surface area contributed by atoms with Crippen LogP contribution in [0.2, 0.25) is 0 Å². The molecule has 0 saturated carbocycles. The van der Waals surface area contributed by atoms with Crippen LogP contribution in [0.3, 0.4) is 0 Å². The van der Waals surface area contributed by atoms with Crippen molar-refractivity contribution in [3.05, 3.63) is 20.3 Å². The average Bonchev–Trinajstić information content (AvgIpc) is 2.75. The number of thiophene rings is 1. The second kappa shape index (κ2) is 5.54. The summed E-state index contributed by atoms with van der Waals surface area (Å²) >= 11 is 5.47. The van der Waals surface area contributed by atoms with E-state index in [0.717, 1.165) is 13.0 Å². The molecule has 3 rings (SSSR count). The van der Waals surface area contributed by atoms with Crippen LogP contribution in [0.15, 0.2) is 9.85 Å². The number of rotatable bonds is 2. The van der Waals surface area contributed by atoms with E-state index in [2.05, 4.69) is 27.3 Å². The van der Waals surface area contributed by atoms with Gasteiger partial charge in [0.1, 0.15) is 0 Å². The zero-order chi connectivity index (χ0) is 13.4. The van der Waals surface area contributed by atoms with Gasteiger partial charge < -0.3 is 10.2 Å². The van der Waals surface area contributed by atoms with Crippen molar-refractivity contribution in [2.75, 3.05) is 13.6 Å². The summed E-state index contributed by atoms with van der Waals surface area (Å²) in [6, 6.07) is 3.18. The first-order valence-electron chi connectivity index (χ1n) is 6.91. The Balaban J connectivity index is 1.69. The van der Waals surface area contributed by atoms with E-state index in [9.17, 15) is 4.79 Å². The number of amides is 1. The van der Waals surface area contributed by atoms with Gasteiger partial charge in [0.25, 0.3) is 0 Å². The van der Waals surface area contributed by atoms with Gasteiger partial charge in [-0.25, -0.2) is 0 Å². The quantitative estimate of drug-likeness (QED) is 0.895. The fraction of sp³-hybridized carbons (Fsp3) is 0.643. The number of aryl methyl sites for hydroxylation is 1. The minimum Gasteiger partial charge on any atom is -0.344 e. The van der Waals surface area contributed by atoms with Crippen LogP contribution >= 0.6 is 27.3 Å². The molecule has 1 aliphatic heterocycles. The summed E-state index contributed by atoms with van der Waals surface area (Å²) < 4.78 is 1.24. The predicted octanol–water partition coefficient (Wildman–Crippen LogP) is 3.10. The number of nitrogens with zero attached hydrogens (tertiary/aromatic N) is 1. The molecule has 0 spiro atoms. The molecule has 0 radical (unpaired) electrons. The Morgan fingerprint density at radius 1 is 1.42 bits per heavy atom. The zero-order valence-corrected chi connectivity index (χ0v) is 13.5. The second-order valence-corrected chi connectivity index (χ2v) is 8.07. The highest BCUT2D eigenvalue weighted by Gasteiger charge is 2.28. The van der Waals surface area contributed by atoms with Gasteiger partial charge in [-0.1, -0.05) is 0 Å².